The third kappa shape index (κ3) is 4.77. The molecule has 0 aliphatic carbocycles. The number of carbonyl (C=O) groups is 1. The average Bonchev–Trinajstić information content (AvgIpc) is 3.34. The number of benzene rings is 1. The summed E-state index contributed by atoms with van der Waals surface area (Å²) in [5, 5.41) is 36.6. The fourth-order valence-electron chi connectivity index (χ4n) is 3.61. The average molecular weight is 471 g/mol. The summed E-state index contributed by atoms with van der Waals surface area (Å²) in [5.41, 5.74) is 7.30. The summed E-state index contributed by atoms with van der Waals surface area (Å²) in [4.78, 5) is 27.6. The molecule has 3 heterocycles. The molecule has 13 nitrogen and oxygen atoms in total. The Morgan fingerprint density at radius 1 is 1.24 bits per heavy atom. The van der Waals surface area contributed by atoms with Gasteiger partial charge in [0.05, 0.1) is 31.8 Å². The highest BCUT2D eigenvalue weighted by molar-refractivity contribution is 5.97. The number of aromatic amines is 1. The topological polar surface area (TPSA) is 201 Å². The van der Waals surface area contributed by atoms with Crippen molar-refractivity contribution in [2.75, 3.05) is 19.0 Å². The Morgan fingerprint density at radius 3 is 2.71 bits per heavy atom. The lowest BCUT2D eigenvalue weighted by atomic mass is 9.95. The number of carbonyl (C=O) groups excluding carboxylic acids is 1. The monoisotopic (exact) mass is 471 g/mol. The first kappa shape index (κ1) is 23.4. The summed E-state index contributed by atoms with van der Waals surface area (Å²) >= 11 is 0. The molecule has 1 fully saturated rings. The molecule has 0 bridgehead atoms. The van der Waals surface area contributed by atoms with Gasteiger partial charge in [0.25, 0.3) is 5.91 Å². The van der Waals surface area contributed by atoms with Gasteiger partial charge in [0, 0.05) is 0 Å². The van der Waals surface area contributed by atoms with E-state index in [0.29, 0.717) is 22.5 Å². The molecule has 0 saturated carbocycles. The highest BCUT2D eigenvalue weighted by Gasteiger charge is 2.45. The maximum Gasteiger partial charge on any atom is 0.267 e. The molecule has 180 valence electrons. The van der Waals surface area contributed by atoms with Crippen LogP contribution < -0.4 is 21.1 Å². The molecule has 13 heteroatoms. The predicted octanol–water partition coefficient (Wildman–Crippen LogP) is -1.30. The number of methoxy groups -OCH3 is 1. The number of rotatable bonds is 7. The van der Waals surface area contributed by atoms with Gasteiger partial charge in [-0.3, -0.25) is 4.79 Å². The van der Waals surface area contributed by atoms with Crippen LogP contribution in [0.25, 0.3) is 17.2 Å². The van der Waals surface area contributed by atoms with Crippen LogP contribution in [-0.4, -0.2) is 85.5 Å². The van der Waals surface area contributed by atoms with Crippen LogP contribution in [0.1, 0.15) is 5.56 Å². The van der Waals surface area contributed by atoms with Crippen LogP contribution in [0.15, 0.2) is 42.6 Å². The Hall–Kier alpha value is -3.78. The number of aliphatic hydroxyl groups is 3. The van der Waals surface area contributed by atoms with Crippen LogP contribution in [0.4, 0.5) is 5.82 Å². The molecule has 0 unspecified atom stereocenters. The van der Waals surface area contributed by atoms with E-state index in [4.69, 9.17) is 15.2 Å². The van der Waals surface area contributed by atoms with Gasteiger partial charge in [0.1, 0.15) is 35.9 Å². The molecule has 1 aromatic carbocycles. The van der Waals surface area contributed by atoms with Crippen molar-refractivity contribution in [2.45, 2.75) is 30.6 Å². The number of ether oxygens (including phenoxy) is 2. The van der Waals surface area contributed by atoms with Crippen LogP contribution in [0.3, 0.4) is 0 Å². The van der Waals surface area contributed by atoms with Crippen LogP contribution in [0.2, 0.25) is 0 Å². The highest BCUT2D eigenvalue weighted by Crippen LogP contribution is 2.24. The van der Waals surface area contributed by atoms with Gasteiger partial charge in [0.2, 0.25) is 0 Å². The summed E-state index contributed by atoms with van der Waals surface area (Å²) in [7, 11) is 1.54. The molecule has 8 N–H and O–H groups in total. The van der Waals surface area contributed by atoms with E-state index in [1.165, 1.54) is 18.7 Å². The van der Waals surface area contributed by atoms with Gasteiger partial charge in [-0.1, -0.05) is 12.1 Å². The molecule has 1 aliphatic heterocycles. The Labute approximate surface area is 193 Å². The number of amides is 1. The number of H-pyrrole nitrogens is 1. The largest absolute Gasteiger partial charge is 0.497 e. The Morgan fingerprint density at radius 2 is 2.00 bits per heavy atom. The second-order valence-electron chi connectivity index (χ2n) is 7.60. The maximum atomic E-state index is 12.6. The fourth-order valence-corrected chi connectivity index (χ4v) is 3.61. The number of anilines is 1. The minimum absolute atomic E-state index is 0.133. The number of nitrogens with zero attached hydrogens (tertiary/aromatic N) is 3. The zero-order valence-corrected chi connectivity index (χ0v) is 18.1. The smallest absolute Gasteiger partial charge is 0.267 e. The fraction of sp³-hybridized carbons (Fsp3) is 0.333. The van der Waals surface area contributed by atoms with Gasteiger partial charge in [-0.2, -0.15) is 0 Å². The second kappa shape index (κ2) is 10.0. The van der Waals surface area contributed by atoms with Gasteiger partial charge < -0.3 is 46.1 Å². The highest BCUT2D eigenvalue weighted by atomic mass is 16.5. The van der Waals surface area contributed by atoms with Crippen molar-refractivity contribution >= 4 is 29.0 Å². The molecule has 0 spiro atoms. The Bertz CT molecular complexity index is 1170. The lowest BCUT2D eigenvalue weighted by molar-refractivity contribution is -0.184. The Balaban J connectivity index is 1.46. The quantitative estimate of drug-likeness (QED) is 0.202. The van der Waals surface area contributed by atoms with Crippen molar-refractivity contribution in [3.8, 4) is 5.75 Å². The molecule has 1 amide bonds. The van der Waals surface area contributed by atoms with Crippen LogP contribution >= 0.6 is 0 Å². The molecule has 1 aliphatic rings. The predicted molar refractivity (Wildman–Crippen MR) is 120 cm³/mol. The van der Waals surface area contributed by atoms with Crippen molar-refractivity contribution in [1.29, 1.82) is 0 Å². The van der Waals surface area contributed by atoms with E-state index in [2.05, 4.69) is 30.6 Å². The molecule has 2 aromatic heterocycles. The van der Waals surface area contributed by atoms with Crippen LogP contribution in [0.5, 0.6) is 5.75 Å². The zero-order chi connectivity index (χ0) is 24.2. The van der Waals surface area contributed by atoms with Gasteiger partial charge >= 0.3 is 0 Å². The third-order valence-electron chi connectivity index (χ3n) is 5.43. The first-order valence-electron chi connectivity index (χ1n) is 10.4. The van der Waals surface area contributed by atoms with E-state index in [-0.39, 0.29) is 11.5 Å². The Kier molecular flexibility index (Phi) is 6.88. The maximum absolute atomic E-state index is 12.6. The summed E-state index contributed by atoms with van der Waals surface area (Å²) in [5.74, 6) is 0.237. The van der Waals surface area contributed by atoms with Gasteiger partial charge in [-0.15, -0.1) is 0 Å². The number of nitrogens with one attached hydrogen (secondary N) is 3. The molecular formula is C21H25N7O6. The second-order valence-corrected chi connectivity index (χ2v) is 7.60. The molecular weight excluding hydrogens is 446 g/mol. The normalized spacial score (nSPS) is 25.2. The van der Waals surface area contributed by atoms with Crippen molar-refractivity contribution in [3.05, 3.63) is 48.2 Å². The van der Waals surface area contributed by atoms with E-state index in [0.717, 1.165) is 0 Å². The zero-order valence-electron chi connectivity index (χ0n) is 18.1. The number of aromatic nitrogens is 4. The number of hydrogen-bond donors (Lipinski definition) is 7. The third-order valence-corrected chi connectivity index (χ3v) is 5.43. The number of fused-ring (bicyclic) bond motifs is 1. The standard InChI is InChI=1S/C21H25N7O6/c1-33-11-4-2-10(3-5-11)6-12(22)20(32)27-14-13(7-29)34-21(17(31)16(14)30)28-19-15-18(24-8-23-15)25-9-26-19/h2-6,8-9,13-14,16-17,21,29-31H,7,22H2,1H3,(H,27,32)(H2,23,24,25,26,28)/b12-6-/t13-,14-,16+,17-,21-/m0/s1. The molecule has 34 heavy (non-hydrogen) atoms. The van der Waals surface area contributed by atoms with E-state index < -0.39 is 43.1 Å². The lowest BCUT2D eigenvalue weighted by Gasteiger charge is -2.42. The SMILES string of the molecule is COc1ccc(/C=C(\N)C(=O)N[C@@H]2[C@@H](O)[C@H](O)[C@@H](Nc3ncnc4nc[nH]c34)O[C@H]2CO)cc1. The first-order valence-corrected chi connectivity index (χ1v) is 10.4. The van der Waals surface area contributed by atoms with Gasteiger partial charge in [-0.25, -0.2) is 15.0 Å². The van der Waals surface area contributed by atoms with E-state index >= 15 is 0 Å². The van der Waals surface area contributed by atoms with Crippen LogP contribution in [0, 0.1) is 0 Å². The van der Waals surface area contributed by atoms with Crippen molar-refractivity contribution in [2.24, 2.45) is 5.73 Å². The summed E-state index contributed by atoms with van der Waals surface area (Å²) < 4.78 is 10.8. The summed E-state index contributed by atoms with van der Waals surface area (Å²) in [6.07, 6.45) is -0.996. The van der Waals surface area contributed by atoms with E-state index in [9.17, 15) is 20.1 Å². The van der Waals surface area contributed by atoms with E-state index in [1.54, 1.807) is 31.4 Å². The van der Waals surface area contributed by atoms with Crippen molar-refractivity contribution in [1.82, 2.24) is 25.3 Å². The molecule has 4 rings (SSSR count). The van der Waals surface area contributed by atoms with Crippen molar-refractivity contribution in [3.63, 3.8) is 0 Å². The van der Waals surface area contributed by atoms with Crippen LogP contribution in [-0.2, 0) is 9.53 Å². The molecule has 5 atom stereocenters. The number of nitrogens with two attached hydrogens (primary N) is 1. The summed E-state index contributed by atoms with van der Waals surface area (Å²) in [6.45, 7) is -0.543. The molecule has 3 aromatic rings. The van der Waals surface area contributed by atoms with Gasteiger partial charge in [-0.05, 0) is 23.8 Å². The van der Waals surface area contributed by atoms with Gasteiger partial charge in [0.15, 0.2) is 17.7 Å². The number of aliphatic hydroxyl groups excluding tert-OH is 3. The first-order chi connectivity index (χ1) is 16.4. The molecule has 0 radical (unpaired) electrons. The minimum atomic E-state index is -1.49. The minimum Gasteiger partial charge on any atom is -0.497 e. The summed E-state index contributed by atoms with van der Waals surface area (Å²) in [6, 6.07) is 5.74. The van der Waals surface area contributed by atoms with Crippen molar-refractivity contribution < 1.29 is 29.6 Å². The van der Waals surface area contributed by atoms with E-state index in [1.807, 2.05) is 0 Å². The number of imidazole rings is 1. The lowest BCUT2D eigenvalue weighted by Crippen LogP contribution is -2.66. The number of hydrogen-bond acceptors (Lipinski definition) is 11. The molecule has 1 saturated heterocycles.